The Hall–Kier alpha value is -1.91. The van der Waals surface area contributed by atoms with Crippen LogP contribution in [0.4, 0.5) is 0 Å². The predicted molar refractivity (Wildman–Crippen MR) is 84.2 cm³/mol. The van der Waals surface area contributed by atoms with Gasteiger partial charge in [0, 0.05) is 30.0 Å². The Morgan fingerprint density at radius 2 is 1.95 bits per heavy atom. The average Bonchev–Trinajstić information content (AvgIpc) is 2.91. The first kappa shape index (κ1) is 13.7. The topological polar surface area (TPSA) is 56.9 Å². The standard InChI is InChI=1S/C17H21N3O2/c21-10-4-9-19-16-15(11-18-19)13-7-1-2-8-14(13)17(22)20(16)12-5-3-6-12/h10-12H,1-9H2. The molecule has 0 aromatic carbocycles. The molecule has 0 N–H and O–H groups in total. The SMILES string of the molecule is O=CCCn1ncc2c3c(c(=O)n(C4CCC4)c21)CCCC3. The first-order valence-electron chi connectivity index (χ1n) is 8.36. The van der Waals surface area contributed by atoms with E-state index in [4.69, 9.17) is 0 Å². The van der Waals surface area contributed by atoms with Crippen LogP contribution in [-0.2, 0) is 24.2 Å². The van der Waals surface area contributed by atoms with Crippen LogP contribution < -0.4 is 5.56 Å². The molecule has 0 aliphatic heterocycles. The van der Waals surface area contributed by atoms with Crippen molar-refractivity contribution in [2.45, 2.75) is 64.0 Å². The molecule has 116 valence electrons. The Labute approximate surface area is 128 Å². The number of nitrogens with zero attached hydrogens (tertiary/aromatic N) is 3. The third-order valence-corrected chi connectivity index (χ3v) is 5.21. The lowest BCUT2D eigenvalue weighted by Crippen LogP contribution is -2.34. The fraction of sp³-hybridized carbons (Fsp3) is 0.588. The molecule has 1 fully saturated rings. The van der Waals surface area contributed by atoms with Gasteiger partial charge >= 0.3 is 0 Å². The maximum Gasteiger partial charge on any atom is 0.255 e. The largest absolute Gasteiger partial charge is 0.303 e. The molecule has 0 amide bonds. The lowest BCUT2D eigenvalue weighted by molar-refractivity contribution is -0.108. The average molecular weight is 299 g/mol. The van der Waals surface area contributed by atoms with Gasteiger partial charge in [-0.3, -0.25) is 9.36 Å². The number of pyridine rings is 1. The first-order chi connectivity index (χ1) is 10.8. The van der Waals surface area contributed by atoms with E-state index in [1.54, 1.807) is 0 Å². The summed E-state index contributed by atoms with van der Waals surface area (Å²) in [4.78, 5) is 23.8. The molecule has 0 saturated heterocycles. The molecule has 2 aliphatic carbocycles. The Kier molecular flexibility index (Phi) is 3.36. The van der Waals surface area contributed by atoms with E-state index in [0.29, 0.717) is 19.0 Å². The first-order valence-corrected chi connectivity index (χ1v) is 8.36. The quantitative estimate of drug-likeness (QED) is 0.815. The Balaban J connectivity index is 1.99. The van der Waals surface area contributed by atoms with E-state index in [-0.39, 0.29) is 5.56 Å². The molecule has 22 heavy (non-hydrogen) atoms. The van der Waals surface area contributed by atoms with Crippen LogP contribution in [0.2, 0.25) is 0 Å². The number of aryl methyl sites for hydroxylation is 2. The molecule has 5 heteroatoms. The van der Waals surface area contributed by atoms with Crippen molar-refractivity contribution >= 4 is 17.3 Å². The molecular formula is C17H21N3O2. The number of hydrogen-bond donors (Lipinski definition) is 0. The summed E-state index contributed by atoms with van der Waals surface area (Å²) in [6.07, 6.45) is 10.7. The molecule has 2 aromatic rings. The van der Waals surface area contributed by atoms with Crippen LogP contribution in [0, 0.1) is 0 Å². The smallest absolute Gasteiger partial charge is 0.255 e. The molecule has 4 rings (SSSR count). The van der Waals surface area contributed by atoms with Crippen LogP contribution in [0.15, 0.2) is 11.0 Å². The fourth-order valence-electron chi connectivity index (χ4n) is 3.85. The highest BCUT2D eigenvalue weighted by Crippen LogP contribution is 2.35. The fourth-order valence-corrected chi connectivity index (χ4v) is 3.85. The number of carbonyl (C=O) groups is 1. The number of aldehydes is 1. The second-order valence-electron chi connectivity index (χ2n) is 6.48. The van der Waals surface area contributed by atoms with E-state index in [9.17, 15) is 9.59 Å². The van der Waals surface area contributed by atoms with Crippen LogP contribution in [0.5, 0.6) is 0 Å². The van der Waals surface area contributed by atoms with Crippen molar-refractivity contribution in [1.29, 1.82) is 0 Å². The molecule has 2 aromatic heterocycles. The van der Waals surface area contributed by atoms with Gasteiger partial charge in [-0.25, -0.2) is 4.68 Å². The van der Waals surface area contributed by atoms with Gasteiger partial charge in [0.25, 0.3) is 5.56 Å². The molecule has 0 unspecified atom stereocenters. The highest BCUT2D eigenvalue weighted by molar-refractivity contribution is 5.81. The van der Waals surface area contributed by atoms with E-state index in [1.807, 2.05) is 15.4 Å². The third kappa shape index (κ3) is 1.95. The number of carbonyl (C=O) groups excluding carboxylic acids is 1. The molecule has 1 saturated carbocycles. The second kappa shape index (κ2) is 5.38. The predicted octanol–water partition coefficient (Wildman–Crippen LogP) is 2.39. The normalized spacial score (nSPS) is 18.2. The zero-order chi connectivity index (χ0) is 15.1. The zero-order valence-electron chi connectivity index (χ0n) is 12.8. The summed E-state index contributed by atoms with van der Waals surface area (Å²) in [5.74, 6) is 0. The molecule has 2 heterocycles. The van der Waals surface area contributed by atoms with E-state index >= 15 is 0 Å². The minimum atomic E-state index is 0.194. The molecule has 0 spiro atoms. The zero-order valence-corrected chi connectivity index (χ0v) is 12.8. The van der Waals surface area contributed by atoms with Crippen molar-refractivity contribution in [3.8, 4) is 0 Å². The second-order valence-corrected chi connectivity index (χ2v) is 6.48. The lowest BCUT2D eigenvalue weighted by atomic mass is 9.88. The molecule has 5 nitrogen and oxygen atoms in total. The summed E-state index contributed by atoms with van der Waals surface area (Å²) >= 11 is 0. The van der Waals surface area contributed by atoms with Gasteiger partial charge in [0.05, 0.1) is 6.20 Å². The van der Waals surface area contributed by atoms with Crippen molar-refractivity contribution in [3.05, 3.63) is 27.7 Å². The minimum absolute atomic E-state index is 0.194. The maximum atomic E-state index is 13.0. The highest BCUT2D eigenvalue weighted by atomic mass is 16.1. The van der Waals surface area contributed by atoms with E-state index in [0.717, 1.165) is 61.4 Å². The van der Waals surface area contributed by atoms with Crippen molar-refractivity contribution in [1.82, 2.24) is 14.3 Å². The van der Waals surface area contributed by atoms with Crippen molar-refractivity contribution in [3.63, 3.8) is 0 Å². The number of rotatable bonds is 4. The molecular weight excluding hydrogens is 278 g/mol. The number of fused-ring (bicyclic) bond motifs is 3. The maximum absolute atomic E-state index is 13.0. The van der Waals surface area contributed by atoms with E-state index < -0.39 is 0 Å². The monoisotopic (exact) mass is 299 g/mol. The number of hydrogen-bond acceptors (Lipinski definition) is 3. The van der Waals surface area contributed by atoms with Crippen molar-refractivity contribution in [2.24, 2.45) is 0 Å². The molecule has 0 bridgehead atoms. The van der Waals surface area contributed by atoms with Crippen LogP contribution in [0.25, 0.3) is 11.0 Å². The van der Waals surface area contributed by atoms with Gasteiger partial charge in [0.2, 0.25) is 0 Å². The van der Waals surface area contributed by atoms with Gasteiger partial charge in [0.15, 0.2) is 0 Å². The summed E-state index contributed by atoms with van der Waals surface area (Å²) in [5, 5.41) is 5.61. The van der Waals surface area contributed by atoms with Crippen LogP contribution in [-0.4, -0.2) is 20.6 Å². The Bertz CT molecular complexity index is 783. The van der Waals surface area contributed by atoms with Crippen molar-refractivity contribution < 1.29 is 4.79 Å². The van der Waals surface area contributed by atoms with E-state index in [1.165, 1.54) is 12.0 Å². The van der Waals surface area contributed by atoms with Gasteiger partial charge in [-0.05, 0) is 50.5 Å². The molecule has 0 radical (unpaired) electrons. The number of aromatic nitrogens is 3. The van der Waals surface area contributed by atoms with Crippen molar-refractivity contribution in [2.75, 3.05) is 0 Å². The van der Waals surface area contributed by atoms with Crippen LogP contribution >= 0.6 is 0 Å². The summed E-state index contributed by atoms with van der Waals surface area (Å²) in [7, 11) is 0. The van der Waals surface area contributed by atoms with Gasteiger partial charge < -0.3 is 4.79 Å². The summed E-state index contributed by atoms with van der Waals surface area (Å²) in [6, 6.07) is 0.314. The summed E-state index contributed by atoms with van der Waals surface area (Å²) < 4.78 is 3.85. The van der Waals surface area contributed by atoms with Gasteiger partial charge in [-0.1, -0.05) is 0 Å². The van der Waals surface area contributed by atoms with Gasteiger partial charge in [0.1, 0.15) is 11.9 Å². The highest BCUT2D eigenvalue weighted by Gasteiger charge is 2.28. The molecule has 2 aliphatic rings. The van der Waals surface area contributed by atoms with Gasteiger partial charge in [-0.15, -0.1) is 0 Å². The van der Waals surface area contributed by atoms with Crippen LogP contribution in [0.1, 0.15) is 55.7 Å². The lowest BCUT2D eigenvalue weighted by Gasteiger charge is -2.30. The van der Waals surface area contributed by atoms with Gasteiger partial charge in [-0.2, -0.15) is 5.10 Å². The Morgan fingerprint density at radius 3 is 2.64 bits per heavy atom. The summed E-state index contributed by atoms with van der Waals surface area (Å²) in [6.45, 7) is 0.554. The minimum Gasteiger partial charge on any atom is -0.303 e. The summed E-state index contributed by atoms with van der Waals surface area (Å²) in [5.41, 5.74) is 3.36. The molecule has 0 atom stereocenters. The van der Waals surface area contributed by atoms with E-state index in [2.05, 4.69) is 5.10 Å². The third-order valence-electron chi connectivity index (χ3n) is 5.21. The van der Waals surface area contributed by atoms with Crippen LogP contribution in [0.3, 0.4) is 0 Å². The Morgan fingerprint density at radius 1 is 1.18 bits per heavy atom.